The molecule has 1 fully saturated rings. The van der Waals surface area contributed by atoms with Crippen LogP contribution in [-0.2, 0) is 0 Å². The van der Waals surface area contributed by atoms with E-state index in [1.807, 2.05) is 6.92 Å². The first-order valence-corrected chi connectivity index (χ1v) is 4.02. The minimum absolute atomic E-state index is 0.00606. The lowest BCUT2D eigenvalue weighted by atomic mass is 10.1. The fraction of sp³-hybridized carbons (Fsp3) is 0.875. The molecule has 1 aliphatic rings. The van der Waals surface area contributed by atoms with Crippen molar-refractivity contribution in [3.63, 3.8) is 0 Å². The number of nitriles is 1. The Morgan fingerprint density at radius 3 is 3.00 bits per heavy atom. The summed E-state index contributed by atoms with van der Waals surface area (Å²) in [6, 6.07) is 2.20. The number of aliphatic hydroxyl groups is 1. The summed E-state index contributed by atoms with van der Waals surface area (Å²) in [4.78, 5) is 2.11. The van der Waals surface area contributed by atoms with Gasteiger partial charge in [-0.25, -0.2) is 0 Å². The molecule has 11 heavy (non-hydrogen) atoms. The van der Waals surface area contributed by atoms with Gasteiger partial charge in [0.25, 0.3) is 0 Å². The van der Waals surface area contributed by atoms with E-state index in [0.29, 0.717) is 5.92 Å². The molecule has 1 N–H and O–H groups in total. The third-order valence-corrected chi connectivity index (χ3v) is 2.31. The van der Waals surface area contributed by atoms with Crippen LogP contribution in [0.4, 0.5) is 0 Å². The molecule has 0 bridgehead atoms. The molecule has 1 aliphatic heterocycles. The summed E-state index contributed by atoms with van der Waals surface area (Å²) in [5.74, 6) is 0.394. The molecule has 0 aromatic rings. The van der Waals surface area contributed by atoms with Gasteiger partial charge in [0.15, 0.2) is 0 Å². The highest BCUT2D eigenvalue weighted by Gasteiger charge is 2.24. The Balaban J connectivity index is 2.36. The average molecular weight is 154 g/mol. The van der Waals surface area contributed by atoms with E-state index in [2.05, 4.69) is 11.0 Å². The molecule has 0 amide bonds. The molecule has 1 saturated heterocycles. The fourth-order valence-electron chi connectivity index (χ4n) is 1.45. The molecule has 2 atom stereocenters. The van der Waals surface area contributed by atoms with E-state index in [9.17, 15) is 0 Å². The van der Waals surface area contributed by atoms with Crippen molar-refractivity contribution in [3.8, 4) is 6.07 Å². The van der Waals surface area contributed by atoms with Crippen molar-refractivity contribution in [2.24, 2.45) is 5.92 Å². The molecule has 62 valence electrons. The van der Waals surface area contributed by atoms with Crippen LogP contribution in [0.5, 0.6) is 0 Å². The van der Waals surface area contributed by atoms with E-state index >= 15 is 0 Å². The molecule has 1 heterocycles. The molecular formula is C8H14N2O. The van der Waals surface area contributed by atoms with E-state index in [4.69, 9.17) is 10.4 Å². The molecule has 0 aromatic carbocycles. The van der Waals surface area contributed by atoms with Crippen molar-refractivity contribution in [2.45, 2.75) is 19.4 Å². The van der Waals surface area contributed by atoms with Crippen LogP contribution in [0.25, 0.3) is 0 Å². The molecule has 0 radical (unpaired) electrons. The molecule has 0 aliphatic carbocycles. The van der Waals surface area contributed by atoms with Crippen molar-refractivity contribution in [1.29, 1.82) is 5.26 Å². The highest BCUT2D eigenvalue weighted by atomic mass is 16.3. The van der Waals surface area contributed by atoms with Crippen molar-refractivity contribution in [1.82, 2.24) is 4.90 Å². The maximum atomic E-state index is 8.83. The second kappa shape index (κ2) is 3.70. The zero-order chi connectivity index (χ0) is 8.27. The normalized spacial score (nSPS) is 28.3. The third-order valence-electron chi connectivity index (χ3n) is 2.31. The van der Waals surface area contributed by atoms with Crippen molar-refractivity contribution in [2.75, 3.05) is 19.7 Å². The predicted octanol–water partition coefficient (Wildman–Crippen LogP) is 0.213. The zero-order valence-corrected chi connectivity index (χ0v) is 6.82. The minimum atomic E-state index is 0.00606. The second-order valence-electron chi connectivity index (χ2n) is 3.14. The van der Waals surface area contributed by atoms with Crippen LogP contribution in [0.2, 0.25) is 0 Å². The first-order chi connectivity index (χ1) is 5.27. The molecular weight excluding hydrogens is 140 g/mol. The van der Waals surface area contributed by atoms with Gasteiger partial charge >= 0.3 is 0 Å². The van der Waals surface area contributed by atoms with Crippen LogP contribution in [0, 0.1) is 17.2 Å². The van der Waals surface area contributed by atoms with Crippen LogP contribution in [0.15, 0.2) is 0 Å². The summed E-state index contributed by atoms with van der Waals surface area (Å²) < 4.78 is 0. The Labute approximate surface area is 67.2 Å². The van der Waals surface area contributed by atoms with Gasteiger partial charge in [-0.15, -0.1) is 0 Å². The number of likely N-dealkylation sites (tertiary alicyclic amines) is 1. The molecule has 1 rings (SSSR count). The quantitative estimate of drug-likeness (QED) is 0.618. The number of aliphatic hydroxyl groups excluding tert-OH is 1. The maximum Gasteiger partial charge on any atom is 0.0949 e. The van der Waals surface area contributed by atoms with Gasteiger partial charge in [-0.05, 0) is 25.8 Å². The largest absolute Gasteiger partial charge is 0.396 e. The topological polar surface area (TPSA) is 47.3 Å². The van der Waals surface area contributed by atoms with Crippen LogP contribution in [0.1, 0.15) is 13.3 Å². The average Bonchev–Trinajstić information content (AvgIpc) is 2.50. The van der Waals surface area contributed by atoms with Gasteiger partial charge in [-0.2, -0.15) is 5.26 Å². The molecule has 0 aromatic heterocycles. The highest BCUT2D eigenvalue weighted by Crippen LogP contribution is 2.17. The number of nitrogens with zero attached hydrogens (tertiary/aromatic N) is 2. The molecule has 3 heteroatoms. The standard InChI is InChI=1S/C8H14N2O/c1-7(4-9)10-3-2-8(5-10)6-11/h7-8,11H,2-3,5-6H2,1H3/t7?,8-/m1/s1. The Morgan fingerprint density at radius 2 is 2.55 bits per heavy atom. The summed E-state index contributed by atoms with van der Waals surface area (Å²) in [5, 5.41) is 17.4. The van der Waals surface area contributed by atoms with Gasteiger partial charge in [0.1, 0.15) is 0 Å². The Bertz CT molecular complexity index is 164. The summed E-state index contributed by atoms with van der Waals surface area (Å²) in [5.41, 5.74) is 0. The van der Waals surface area contributed by atoms with E-state index in [1.54, 1.807) is 0 Å². The molecule has 1 unspecified atom stereocenters. The van der Waals surface area contributed by atoms with E-state index < -0.39 is 0 Å². The Morgan fingerprint density at radius 1 is 1.82 bits per heavy atom. The lowest BCUT2D eigenvalue weighted by Crippen LogP contribution is -2.29. The van der Waals surface area contributed by atoms with Gasteiger partial charge in [-0.1, -0.05) is 0 Å². The first-order valence-electron chi connectivity index (χ1n) is 4.02. The summed E-state index contributed by atoms with van der Waals surface area (Å²) in [7, 11) is 0. The monoisotopic (exact) mass is 154 g/mol. The van der Waals surface area contributed by atoms with Crippen LogP contribution in [-0.4, -0.2) is 35.7 Å². The first kappa shape index (κ1) is 8.51. The predicted molar refractivity (Wildman–Crippen MR) is 41.8 cm³/mol. The van der Waals surface area contributed by atoms with Crippen molar-refractivity contribution in [3.05, 3.63) is 0 Å². The van der Waals surface area contributed by atoms with E-state index in [0.717, 1.165) is 19.5 Å². The third kappa shape index (κ3) is 1.92. The van der Waals surface area contributed by atoms with Gasteiger partial charge in [0, 0.05) is 13.2 Å². The highest BCUT2D eigenvalue weighted by molar-refractivity contribution is 4.91. The lowest BCUT2D eigenvalue weighted by Gasteiger charge is -2.17. The fourth-order valence-corrected chi connectivity index (χ4v) is 1.45. The van der Waals surface area contributed by atoms with Crippen LogP contribution < -0.4 is 0 Å². The number of hydrogen-bond acceptors (Lipinski definition) is 3. The number of hydrogen-bond donors (Lipinski definition) is 1. The minimum Gasteiger partial charge on any atom is -0.396 e. The van der Waals surface area contributed by atoms with E-state index in [-0.39, 0.29) is 12.6 Å². The molecule has 3 nitrogen and oxygen atoms in total. The van der Waals surface area contributed by atoms with Gasteiger partial charge in [-0.3, -0.25) is 4.90 Å². The smallest absolute Gasteiger partial charge is 0.0949 e. The van der Waals surface area contributed by atoms with Gasteiger partial charge in [0.05, 0.1) is 12.1 Å². The summed E-state index contributed by atoms with van der Waals surface area (Å²) in [6.45, 7) is 4.00. The molecule has 0 spiro atoms. The SMILES string of the molecule is CC(C#N)N1CC[C@@H](CO)C1. The summed E-state index contributed by atoms with van der Waals surface area (Å²) in [6.07, 6.45) is 1.03. The Hall–Kier alpha value is -0.590. The zero-order valence-electron chi connectivity index (χ0n) is 6.82. The van der Waals surface area contributed by atoms with Gasteiger partial charge < -0.3 is 5.11 Å². The second-order valence-corrected chi connectivity index (χ2v) is 3.14. The number of rotatable bonds is 2. The Kier molecular flexibility index (Phi) is 2.86. The van der Waals surface area contributed by atoms with Crippen molar-refractivity contribution >= 4 is 0 Å². The summed E-state index contributed by atoms with van der Waals surface area (Å²) >= 11 is 0. The van der Waals surface area contributed by atoms with Crippen LogP contribution in [0.3, 0.4) is 0 Å². The lowest BCUT2D eigenvalue weighted by molar-refractivity contribution is 0.216. The van der Waals surface area contributed by atoms with Gasteiger partial charge in [0.2, 0.25) is 0 Å². The maximum absolute atomic E-state index is 8.83. The van der Waals surface area contributed by atoms with Crippen molar-refractivity contribution < 1.29 is 5.11 Å². The molecule has 0 saturated carbocycles. The van der Waals surface area contributed by atoms with Crippen LogP contribution >= 0.6 is 0 Å². The van der Waals surface area contributed by atoms with E-state index in [1.165, 1.54) is 0 Å².